The Hall–Kier alpha value is -1.85. The van der Waals surface area contributed by atoms with Gasteiger partial charge in [-0.15, -0.1) is 0 Å². The van der Waals surface area contributed by atoms with Crippen molar-refractivity contribution in [3.63, 3.8) is 0 Å². The van der Waals surface area contributed by atoms with E-state index in [1.807, 2.05) is 13.8 Å². The van der Waals surface area contributed by atoms with Gasteiger partial charge in [0.15, 0.2) is 5.89 Å². The standard InChI is InChI=1S/C15H22N2O4/c1-8(2)6-11(15(19)20)7-16-13(18)12-9(3)17-14(21-12)10-4-5-10/h8,10-11H,4-7H2,1-3H3,(H,16,18)(H,19,20). The summed E-state index contributed by atoms with van der Waals surface area (Å²) in [7, 11) is 0. The summed E-state index contributed by atoms with van der Waals surface area (Å²) in [5.41, 5.74) is 0.560. The molecule has 2 N–H and O–H groups in total. The fourth-order valence-electron chi connectivity index (χ4n) is 2.27. The fraction of sp³-hybridized carbons (Fsp3) is 0.667. The number of carboxylic acid groups (broad SMARTS) is 1. The first kappa shape index (κ1) is 15.5. The quantitative estimate of drug-likeness (QED) is 0.805. The van der Waals surface area contributed by atoms with Gasteiger partial charge < -0.3 is 14.8 Å². The molecular formula is C15H22N2O4. The highest BCUT2D eigenvalue weighted by molar-refractivity contribution is 5.92. The first-order valence-electron chi connectivity index (χ1n) is 7.36. The Kier molecular flexibility index (Phi) is 4.65. The minimum absolute atomic E-state index is 0.102. The zero-order valence-corrected chi connectivity index (χ0v) is 12.7. The van der Waals surface area contributed by atoms with Crippen molar-refractivity contribution in [1.82, 2.24) is 10.3 Å². The Morgan fingerprint density at radius 3 is 2.62 bits per heavy atom. The number of nitrogens with one attached hydrogen (secondary N) is 1. The Morgan fingerprint density at radius 2 is 2.10 bits per heavy atom. The van der Waals surface area contributed by atoms with Crippen LogP contribution in [0.5, 0.6) is 0 Å². The molecule has 21 heavy (non-hydrogen) atoms. The summed E-state index contributed by atoms with van der Waals surface area (Å²) in [5.74, 6) is -0.436. The molecule has 1 aromatic heterocycles. The van der Waals surface area contributed by atoms with Gasteiger partial charge in [0.25, 0.3) is 5.91 Å². The monoisotopic (exact) mass is 294 g/mol. The maximum atomic E-state index is 12.1. The van der Waals surface area contributed by atoms with Gasteiger partial charge in [-0.25, -0.2) is 4.98 Å². The molecule has 1 unspecified atom stereocenters. The maximum Gasteiger partial charge on any atom is 0.308 e. The van der Waals surface area contributed by atoms with Crippen molar-refractivity contribution in [2.24, 2.45) is 11.8 Å². The van der Waals surface area contributed by atoms with Gasteiger partial charge in [0, 0.05) is 12.5 Å². The number of aryl methyl sites for hydroxylation is 1. The number of hydrogen-bond donors (Lipinski definition) is 2. The Labute approximate surface area is 123 Å². The lowest BCUT2D eigenvalue weighted by atomic mass is 9.97. The van der Waals surface area contributed by atoms with E-state index < -0.39 is 11.9 Å². The van der Waals surface area contributed by atoms with Crippen LogP contribution < -0.4 is 5.32 Å². The molecule has 0 radical (unpaired) electrons. The zero-order chi connectivity index (χ0) is 15.6. The minimum atomic E-state index is -0.892. The van der Waals surface area contributed by atoms with Crippen LogP contribution in [-0.4, -0.2) is 28.5 Å². The topological polar surface area (TPSA) is 92.4 Å². The van der Waals surface area contributed by atoms with Gasteiger partial charge in [-0.3, -0.25) is 9.59 Å². The van der Waals surface area contributed by atoms with Crippen LogP contribution in [0.15, 0.2) is 4.42 Å². The van der Waals surface area contributed by atoms with Crippen molar-refractivity contribution in [3.05, 3.63) is 17.3 Å². The SMILES string of the molecule is Cc1nc(C2CC2)oc1C(=O)NCC(CC(C)C)C(=O)O. The first-order chi connectivity index (χ1) is 9.88. The van der Waals surface area contributed by atoms with Crippen LogP contribution in [-0.2, 0) is 4.79 Å². The molecule has 1 amide bonds. The minimum Gasteiger partial charge on any atom is -0.481 e. The van der Waals surface area contributed by atoms with Crippen LogP contribution in [0, 0.1) is 18.8 Å². The number of rotatable bonds is 7. The predicted octanol–water partition coefficient (Wildman–Crippen LogP) is 2.34. The molecule has 1 aliphatic rings. The molecule has 116 valence electrons. The average molecular weight is 294 g/mol. The maximum absolute atomic E-state index is 12.1. The van der Waals surface area contributed by atoms with Gasteiger partial charge in [-0.05, 0) is 32.1 Å². The molecule has 0 saturated heterocycles. The highest BCUT2D eigenvalue weighted by Gasteiger charge is 2.31. The molecule has 1 heterocycles. The second-order valence-corrected chi connectivity index (χ2v) is 6.12. The number of carbonyl (C=O) groups excluding carboxylic acids is 1. The number of aliphatic carboxylic acids is 1. The Balaban J connectivity index is 1.95. The van der Waals surface area contributed by atoms with Gasteiger partial charge in [0.2, 0.25) is 5.76 Å². The van der Waals surface area contributed by atoms with Gasteiger partial charge in [0.1, 0.15) is 0 Å². The van der Waals surface area contributed by atoms with E-state index in [9.17, 15) is 9.59 Å². The van der Waals surface area contributed by atoms with E-state index >= 15 is 0 Å². The molecule has 0 bridgehead atoms. The second-order valence-electron chi connectivity index (χ2n) is 6.12. The molecule has 1 aromatic rings. The molecule has 0 aromatic carbocycles. The summed E-state index contributed by atoms with van der Waals surface area (Å²) in [5, 5.41) is 11.8. The highest BCUT2D eigenvalue weighted by atomic mass is 16.4. The number of aromatic nitrogens is 1. The summed E-state index contributed by atoms with van der Waals surface area (Å²) in [4.78, 5) is 27.5. The summed E-state index contributed by atoms with van der Waals surface area (Å²) < 4.78 is 5.50. The average Bonchev–Trinajstić information content (AvgIpc) is 3.17. The largest absolute Gasteiger partial charge is 0.481 e. The van der Waals surface area contributed by atoms with Crippen LogP contribution >= 0.6 is 0 Å². The van der Waals surface area contributed by atoms with E-state index in [1.54, 1.807) is 6.92 Å². The summed E-state index contributed by atoms with van der Waals surface area (Å²) >= 11 is 0. The third kappa shape index (κ3) is 4.06. The summed E-state index contributed by atoms with van der Waals surface area (Å²) in [6, 6.07) is 0. The number of amides is 1. The van der Waals surface area contributed by atoms with Crippen molar-refractivity contribution in [1.29, 1.82) is 0 Å². The van der Waals surface area contributed by atoms with Gasteiger partial charge in [-0.2, -0.15) is 0 Å². The fourth-order valence-corrected chi connectivity index (χ4v) is 2.27. The molecule has 0 aliphatic heterocycles. The molecule has 2 rings (SSSR count). The Bertz CT molecular complexity index is 532. The van der Waals surface area contributed by atoms with Crippen molar-refractivity contribution < 1.29 is 19.1 Å². The van der Waals surface area contributed by atoms with Crippen molar-refractivity contribution in [3.8, 4) is 0 Å². The first-order valence-corrected chi connectivity index (χ1v) is 7.36. The van der Waals surface area contributed by atoms with Crippen LogP contribution in [0.3, 0.4) is 0 Å². The number of hydrogen-bond acceptors (Lipinski definition) is 4. The molecule has 1 aliphatic carbocycles. The van der Waals surface area contributed by atoms with Gasteiger partial charge >= 0.3 is 5.97 Å². The predicted molar refractivity (Wildman–Crippen MR) is 76.1 cm³/mol. The van der Waals surface area contributed by atoms with Crippen molar-refractivity contribution >= 4 is 11.9 Å². The second kappa shape index (κ2) is 6.28. The normalized spacial score (nSPS) is 16.0. The number of carboxylic acids is 1. The van der Waals surface area contributed by atoms with Crippen LogP contribution in [0.1, 0.15) is 61.2 Å². The van der Waals surface area contributed by atoms with Gasteiger partial charge in [0.05, 0.1) is 11.6 Å². The molecular weight excluding hydrogens is 272 g/mol. The molecule has 6 heteroatoms. The van der Waals surface area contributed by atoms with Crippen LogP contribution in [0.25, 0.3) is 0 Å². The van der Waals surface area contributed by atoms with Crippen molar-refractivity contribution in [2.45, 2.75) is 46.0 Å². The lowest BCUT2D eigenvalue weighted by molar-refractivity contribution is -0.142. The third-order valence-electron chi connectivity index (χ3n) is 3.56. The van der Waals surface area contributed by atoms with Crippen LogP contribution in [0.2, 0.25) is 0 Å². The number of nitrogens with zero attached hydrogens (tertiary/aromatic N) is 1. The van der Waals surface area contributed by atoms with Gasteiger partial charge in [-0.1, -0.05) is 13.8 Å². The van der Waals surface area contributed by atoms with E-state index in [1.165, 1.54) is 0 Å². The lowest BCUT2D eigenvalue weighted by Crippen LogP contribution is -2.33. The molecule has 1 atom stereocenters. The third-order valence-corrected chi connectivity index (χ3v) is 3.56. The van der Waals surface area contributed by atoms with Crippen molar-refractivity contribution in [2.75, 3.05) is 6.54 Å². The van der Waals surface area contributed by atoms with E-state index in [4.69, 9.17) is 9.52 Å². The van der Waals surface area contributed by atoms with E-state index in [0.717, 1.165) is 12.8 Å². The van der Waals surface area contributed by atoms with E-state index in [0.29, 0.717) is 23.9 Å². The molecule has 1 saturated carbocycles. The Morgan fingerprint density at radius 1 is 1.43 bits per heavy atom. The number of oxazole rings is 1. The summed E-state index contributed by atoms with van der Waals surface area (Å²) in [6.07, 6.45) is 2.63. The smallest absolute Gasteiger partial charge is 0.308 e. The lowest BCUT2D eigenvalue weighted by Gasteiger charge is -2.14. The molecule has 6 nitrogen and oxygen atoms in total. The molecule has 1 fully saturated rings. The van der Waals surface area contributed by atoms with E-state index in [2.05, 4.69) is 10.3 Å². The number of carbonyl (C=O) groups is 2. The van der Waals surface area contributed by atoms with Crippen LogP contribution in [0.4, 0.5) is 0 Å². The zero-order valence-electron chi connectivity index (χ0n) is 12.7. The van der Waals surface area contributed by atoms with E-state index in [-0.39, 0.29) is 24.1 Å². The highest BCUT2D eigenvalue weighted by Crippen LogP contribution is 2.40. The summed E-state index contributed by atoms with van der Waals surface area (Å²) in [6.45, 7) is 5.75. The molecule has 0 spiro atoms.